The van der Waals surface area contributed by atoms with Crippen LogP contribution in [0.1, 0.15) is 23.9 Å². The zero-order valence-corrected chi connectivity index (χ0v) is 18.5. The van der Waals surface area contributed by atoms with E-state index in [9.17, 15) is 17.6 Å². The smallest absolute Gasteiger partial charge is 0.240 e. The summed E-state index contributed by atoms with van der Waals surface area (Å²) in [5, 5.41) is 2.84. The Kier molecular flexibility index (Phi) is 7.01. The number of halogens is 2. The van der Waals surface area contributed by atoms with Crippen molar-refractivity contribution in [2.45, 2.75) is 17.4 Å². The molecule has 0 spiro atoms. The third-order valence-electron chi connectivity index (χ3n) is 4.39. The first-order chi connectivity index (χ1) is 14.3. The van der Waals surface area contributed by atoms with Crippen LogP contribution >= 0.6 is 15.9 Å². The van der Waals surface area contributed by atoms with E-state index in [1.165, 1.54) is 24.3 Å². The van der Waals surface area contributed by atoms with Gasteiger partial charge in [-0.2, -0.15) is 0 Å². The maximum Gasteiger partial charge on any atom is 0.240 e. The van der Waals surface area contributed by atoms with Gasteiger partial charge in [-0.05, 0) is 42.0 Å². The van der Waals surface area contributed by atoms with Crippen molar-refractivity contribution >= 4 is 31.9 Å². The van der Waals surface area contributed by atoms with Crippen LogP contribution in [0, 0.1) is 5.82 Å². The number of aryl methyl sites for hydroxylation is 1. The van der Waals surface area contributed by atoms with Crippen LogP contribution in [-0.2, 0) is 21.9 Å². The van der Waals surface area contributed by atoms with E-state index in [2.05, 4.69) is 31.0 Å². The number of aromatic nitrogens is 2. The number of benzene rings is 2. The van der Waals surface area contributed by atoms with Gasteiger partial charge < -0.3 is 9.88 Å². The fourth-order valence-electron chi connectivity index (χ4n) is 2.84. The van der Waals surface area contributed by atoms with Crippen molar-refractivity contribution in [3.05, 3.63) is 82.6 Å². The first-order valence-electron chi connectivity index (χ1n) is 9.03. The fraction of sp³-hybridized carbons (Fsp3) is 0.200. The molecule has 3 aromatic rings. The lowest BCUT2D eigenvalue weighted by atomic mass is 10.1. The Morgan fingerprint density at radius 1 is 1.17 bits per heavy atom. The molecule has 0 radical (unpaired) electrons. The topological polar surface area (TPSA) is 93.1 Å². The van der Waals surface area contributed by atoms with E-state index in [1.54, 1.807) is 48.3 Å². The number of carbonyl (C=O) groups excluding carboxylic acids is 1. The van der Waals surface area contributed by atoms with Crippen LogP contribution in [0.3, 0.4) is 0 Å². The lowest BCUT2D eigenvalue weighted by molar-refractivity contribution is -0.121. The van der Waals surface area contributed by atoms with Crippen molar-refractivity contribution < 1.29 is 17.6 Å². The molecule has 0 bridgehead atoms. The van der Waals surface area contributed by atoms with Gasteiger partial charge in [-0.1, -0.05) is 28.1 Å². The van der Waals surface area contributed by atoms with Crippen LogP contribution in [-0.4, -0.2) is 30.4 Å². The number of sulfonamides is 1. The molecule has 0 aliphatic rings. The summed E-state index contributed by atoms with van der Waals surface area (Å²) in [4.78, 5) is 16.9. The zero-order chi connectivity index (χ0) is 21.7. The van der Waals surface area contributed by atoms with Crippen molar-refractivity contribution in [2.24, 2.45) is 7.05 Å². The first-order valence-corrected chi connectivity index (χ1v) is 11.3. The summed E-state index contributed by atoms with van der Waals surface area (Å²) in [6, 6.07) is 11.4. The van der Waals surface area contributed by atoms with Gasteiger partial charge in [0.2, 0.25) is 15.9 Å². The molecule has 1 heterocycles. The van der Waals surface area contributed by atoms with Crippen molar-refractivity contribution in [3.8, 4) is 0 Å². The van der Waals surface area contributed by atoms with Gasteiger partial charge in [0, 0.05) is 36.9 Å². The summed E-state index contributed by atoms with van der Waals surface area (Å²) in [7, 11) is -1.93. The number of nitrogens with one attached hydrogen (secondary N) is 2. The highest BCUT2D eigenvalue weighted by atomic mass is 79.9. The molecular formula is C20H20BrFN4O3S. The maximum absolute atomic E-state index is 13.3. The van der Waals surface area contributed by atoms with E-state index < -0.39 is 16.1 Å². The number of carbonyl (C=O) groups is 1. The Morgan fingerprint density at radius 3 is 2.43 bits per heavy atom. The lowest BCUT2D eigenvalue weighted by Gasteiger charge is -2.19. The third kappa shape index (κ3) is 5.53. The molecule has 158 valence electrons. The van der Waals surface area contributed by atoms with Crippen LogP contribution in [0.5, 0.6) is 0 Å². The minimum absolute atomic E-state index is 0.0685. The first kappa shape index (κ1) is 22.1. The van der Waals surface area contributed by atoms with Gasteiger partial charge in [0.05, 0.1) is 4.90 Å². The van der Waals surface area contributed by atoms with E-state index >= 15 is 0 Å². The van der Waals surface area contributed by atoms with Crippen molar-refractivity contribution in [1.29, 1.82) is 0 Å². The molecule has 1 atom stereocenters. The molecule has 0 fully saturated rings. The Bertz CT molecular complexity index is 1120. The lowest BCUT2D eigenvalue weighted by Crippen LogP contribution is -2.34. The minimum atomic E-state index is -3.72. The highest BCUT2D eigenvalue weighted by Gasteiger charge is 2.21. The quantitative estimate of drug-likeness (QED) is 0.503. The van der Waals surface area contributed by atoms with Crippen LogP contribution in [0.15, 0.2) is 70.3 Å². The number of imidazole rings is 1. The fourth-order valence-corrected chi connectivity index (χ4v) is 4.13. The van der Waals surface area contributed by atoms with Gasteiger partial charge in [-0.15, -0.1) is 0 Å². The second kappa shape index (κ2) is 9.50. The van der Waals surface area contributed by atoms with E-state index in [4.69, 9.17) is 0 Å². The standard InChI is InChI=1S/C20H20BrFN4O3S/c1-26-13-12-23-20(26)19(14-2-6-16(22)7-3-14)25-18(27)10-11-24-30(28,29)17-8-4-15(21)5-9-17/h2-9,12-13,19,24H,10-11H2,1H3,(H,25,27)/t19-/m1/s1. The zero-order valence-electron chi connectivity index (χ0n) is 16.0. The number of rotatable bonds is 8. The van der Waals surface area contributed by atoms with E-state index in [0.29, 0.717) is 11.4 Å². The van der Waals surface area contributed by atoms with Crippen molar-refractivity contribution in [1.82, 2.24) is 19.6 Å². The van der Waals surface area contributed by atoms with Crippen LogP contribution in [0.4, 0.5) is 4.39 Å². The van der Waals surface area contributed by atoms with Gasteiger partial charge in [0.15, 0.2) is 0 Å². The molecule has 0 unspecified atom stereocenters. The molecule has 10 heteroatoms. The Hall–Kier alpha value is -2.56. The number of hydrogen-bond acceptors (Lipinski definition) is 4. The molecular weight excluding hydrogens is 475 g/mol. The monoisotopic (exact) mass is 494 g/mol. The predicted molar refractivity (Wildman–Crippen MR) is 114 cm³/mol. The Balaban J connectivity index is 1.65. The van der Waals surface area contributed by atoms with Crippen molar-refractivity contribution in [2.75, 3.05) is 6.54 Å². The molecule has 7 nitrogen and oxygen atoms in total. The van der Waals surface area contributed by atoms with Gasteiger partial charge in [-0.3, -0.25) is 4.79 Å². The van der Waals surface area contributed by atoms with E-state index in [1.807, 2.05) is 0 Å². The summed E-state index contributed by atoms with van der Waals surface area (Å²) in [6.45, 7) is -0.0685. The maximum atomic E-state index is 13.3. The molecule has 30 heavy (non-hydrogen) atoms. The number of hydrogen-bond donors (Lipinski definition) is 2. The minimum Gasteiger partial charge on any atom is -0.342 e. The molecule has 2 N–H and O–H groups in total. The molecule has 0 saturated carbocycles. The SMILES string of the molecule is Cn1ccnc1[C@H](NC(=O)CCNS(=O)(=O)c1ccc(Br)cc1)c1ccc(F)cc1. The second-order valence-corrected chi connectivity index (χ2v) is 9.23. The Labute approximate surface area is 182 Å². The molecule has 1 aromatic heterocycles. The summed E-state index contributed by atoms with van der Waals surface area (Å²) in [5.41, 5.74) is 0.662. The number of amides is 1. The molecule has 1 amide bonds. The van der Waals surface area contributed by atoms with Crippen LogP contribution in [0.25, 0.3) is 0 Å². The van der Waals surface area contributed by atoms with Gasteiger partial charge in [-0.25, -0.2) is 22.5 Å². The molecule has 3 rings (SSSR count). The summed E-state index contributed by atoms with van der Waals surface area (Å²) < 4.78 is 42.9. The van der Waals surface area contributed by atoms with Gasteiger partial charge in [0.1, 0.15) is 17.7 Å². The molecule has 0 saturated heterocycles. The normalized spacial score (nSPS) is 12.5. The summed E-state index contributed by atoms with van der Waals surface area (Å²) in [5.74, 6) is -0.178. The van der Waals surface area contributed by atoms with Gasteiger partial charge in [0.25, 0.3) is 0 Å². The molecule has 0 aliphatic heterocycles. The largest absolute Gasteiger partial charge is 0.342 e. The molecule has 2 aromatic carbocycles. The average Bonchev–Trinajstić information content (AvgIpc) is 3.13. The van der Waals surface area contributed by atoms with Crippen LogP contribution in [0.2, 0.25) is 0 Å². The average molecular weight is 495 g/mol. The third-order valence-corrected chi connectivity index (χ3v) is 6.40. The second-order valence-electron chi connectivity index (χ2n) is 6.55. The van der Waals surface area contributed by atoms with E-state index in [0.717, 1.165) is 4.47 Å². The van der Waals surface area contributed by atoms with E-state index in [-0.39, 0.29) is 29.6 Å². The highest BCUT2D eigenvalue weighted by Crippen LogP contribution is 2.21. The summed E-state index contributed by atoms with van der Waals surface area (Å²) >= 11 is 3.26. The highest BCUT2D eigenvalue weighted by molar-refractivity contribution is 9.10. The predicted octanol–water partition coefficient (Wildman–Crippen LogP) is 2.90. The summed E-state index contributed by atoms with van der Waals surface area (Å²) in [6.07, 6.45) is 3.27. The molecule has 0 aliphatic carbocycles. The number of nitrogens with zero attached hydrogens (tertiary/aromatic N) is 2. The van der Waals surface area contributed by atoms with Crippen LogP contribution < -0.4 is 10.0 Å². The Morgan fingerprint density at radius 2 is 1.83 bits per heavy atom. The van der Waals surface area contributed by atoms with Gasteiger partial charge >= 0.3 is 0 Å². The van der Waals surface area contributed by atoms with Crippen molar-refractivity contribution in [3.63, 3.8) is 0 Å².